The summed E-state index contributed by atoms with van der Waals surface area (Å²) in [5.74, 6) is 0. The molecule has 0 spiro atoms. The Labute approximate surface area is 221 Å². The third kappa shape index (κ3) is 4.59. The number of benzene rings is 2. The second-order valence-electron chi connectivity index (χ2n) is 14.0. The van der Waals surface area contributed by atoms with E-state index >= 15 is 0 Å². The summed E-state index contributed by atoms with van der Waals surface area (Å²) in [5.41, 5.74) is 11.3. The third-order valence-corrected chi connectivity index (χ3v) is 17.3. The molecular formula is C33H47ClSi. The van der Waals surface area contributed by atoms with Crippen LogP contribution in [0.15, 0.2) is 36.4 Å². The highest BCUT2D eigenvalue weighted by molar-refractivity contribution is 7.23. The number of rotatable bonds is 3. The minimum absolute atomic E-state index is 0.150. The molecule has 0 aromatic heterocycles. The lowest BCUT2D eigenvalue weighted by Crippen LogP contribution is -2.47. The van der Waals surface area contributed by atoms with Crippen LogP contribution >= 0.6 is 11.1 Å². The van der Waals surface area contributed by atoms with Gasteiger partial charge in [0.1, 0.15) is 0 Å². The monoisotopic (exact) mass is 506 g/mol. The van der Waals surface area contributed by atoms with Gasteiger partial charge < -0.3 is 0 Å². The molecule has 3 aliphatic carbocycles. The van der Waals surface area contributed by atoms with Gasteiger partial charge >= 0.3 is 0 Å². The second kappa shape index (κ2) is 9.36. The van der Waals surface area contributed by atoms with Gasteiger partial charge in [0, 0.05) is 5.54 Å². The van der Waals surface area contributed by atoms with Crippen LogP contribution in [0.25, 0.3) is 11.1 Å². The first-order valence-electron chi connectivity index (χ1n) is 14.5. The summed E-state index contributed by atoms with van der Waals surface area (Å²) in [4.78, 5) is 0. The van der Waals surface area contributed by atoms with E-state index in [1.165, 1.54) is 86.5 Å². The second-order valence-corrected chi connectivity index (χ2v) is 19.9. The van der Waals surface area contributed by atoms with Crippen LogP contribution in [0, 0.1) is 0 Å². The molecular weight excluding hydrogens is 460 g/mol. The van der Waals surface area contributed by atoms with Crippen LogP contribution in [-0.2, 0) is 10.8 Å². The van der Waals surface area contributed by atoms with E-state index in [9.17, 15) is 0 Å². The van der Waals surface area contributed by atoms with Crippen molar-refractivity contribution in [3.63, 3.8) is 0 Å². The van der Waals surface area contributed by atoms with Crippen molar-refractivity contribution >= 4 is 18.5 Å². The van der Waals surface area contributed by atoms with E-state index in [1.807, 2.05) is 0 Å². The topological polar surface area (TPSA) is 0 Å². The molecule has 0 amide bonds. The Morgan fingerprint density at radius 3 is 1.31 bits per heavy atom. The molecule has 0 nitrogen and oxygen atoms in total. The molecule has 0 heterocycles. The van der Waals surface area contributed by atoms with Crippen molar-refractivity contribution in [1.29, 1.82) is 0 Å². The Morgan fingerprint density at radius 2 is 0.971 bits per heavy atom. The van der Waals surface area contributed by atoms with Gasteiger partial charge in [-0.3, -0.25) is 0 Å². The fourth-order valence-corrected chi connectivity index (χ4v) is 15.2. The van der Waals surface area contributed by atoms with E-state index in [0.717, 1.165) is 11.1 Å². The average Bonchev–Trinajstić information content (AvgIpc) is 3.17. The summed E-state index contributed by atoms with van der Waals surface area (Å²) >= 11 is 8.43. The van der Waals surface area contributed by atoms with Crippen LogP contribution in [0.4, 0.5) is 0 Å². The highest BCUT2D eigenvalue weighted by atomic mass is 35.6. The Bertz CT molecular complexity index is 976. The zero-order chi connectivity index (χ0) is 25.0. The predicted octanol–water partition coefficient (Wildman–Crippen LogP) is 10.8. The lowest BCUT2D eigenvalue weighted by atomic mass is 9.85. The maximum Gasteiger partial charge on any atom is 0.174 e. The quantitative estimate of drug-likeness (QED) is 0.286. The van der Waals surface area contributed by atoms with Gasteiger partial charge in [-0.25, -0.2) is 0 Å². The molecule has 2 fully saturated rings. The SMILES string of the molecule is CC(C)(C)c1ccc2c(c1)C([Si](Cl)(C1CCCCC1)C1CCCCC1)c1cc(C(C)(C)C)ccc1-2. The van der Waals surface area contributed by atoms with Gasteiger partial charge in [-0.05, 0) is 55.3 Å². The number of fused-ring (bicyclic) bond motifs is 3. The first kappa shape index (κ1) is 25.6. The zero-order valence-electron chi connectivity index (χ0n) is 23.1. The Hall–Kier alpha value is -1.05. The van der Waals surface area contributed by atoms with Crippen molar-refractivity contribution in [3.05, 3.63) is 58.7 Å². The minimum atomic E-state index is -2.21. The molecule has 5 rings (SSSR count). The van der Waals surface area contributed by atoms with Gasteiger partial charge in [0.05, 0.1) is 0 Å². The highest BCUT2D eigenvalue weighted by Gasteiger charge is 2.55. The van der Waals surface area contributed by atoms with Gasteiger partial charge in [-0.1, -0.05) is 142 Å². The Kier molecular flexibility index (Phi) is 6.84. The van der Waals surface area contributed by atoms with Crippen LogP contribution in [-0.4, -0.2) is 7.38 Å². The zero-order valence-corrected chi connectivity index (χ0v) is 24.9. The summed E-state index contributed by atoms with van der Waals surface area (Å²) in [6, 6.07) is 14.8. The summed E-state index contributed by atoms with van der Waals surface area (Å²) in [6.45, 7) is 14.1. The Balaban J connectivity index is 1.74. The Morgan fingerprint density at radius 1 is 0.600 bits per heavy atom. The molecule has 0 N–H and O–H groups in total. The molecule has 0 radical (unpaired) electrons. The molecule has 190 valence electrons. The maximum absolute atomic E-state index is 8.43. The fourth-order valence-electron chi connectivity index (χ4n) is 7.57. The minimum Gasteiger partial charge on any atom is -0.165 e. The number of hydrogen-bond acceptors (Lipinski definition) is 0. The molecule has 0 atom stereocenters. The molecule has 0 unspecified atom stereocenters. The molecule has 0 aliphatic heterocycles. The van der Waals surface area contributed by atoms with E-state index in [2.05, 4.69) is 77.9 Å². The van der Waals surface area contributed by atoms with Crippen LogP contribution in [0.3, 0.4) is 0 Å². The number of hydrogen-bond donors (Lipinski definition) is 0. The van der Waals surface area contributed by atoms with Gasteiger partial charge in [0.25, 0.3) is 0 Å². The fraction of sp³-hybridized carbons (Fsp3) is 0.636. The van der Waals surface area contributed by atoms with E-state index in [-0.39, 0.29) is 10.8 Å². The van der Waals surface area contributed by atoms with Crippen molar-refractivity contribution in [3.8, 4) is 11.1 Å². The summed E-state index contributed by atoms with van der Waals surface area (Å²) in [5, 5.41) is 0. The van der Waals surface area contributed by atoms with Gasteiger partial charge in [-0.2, -0.15) is 11.1 Å². The molecule has 2 heteroatoms. The smallest absolute Gasteiger partial charge is 0.165 e. The third-order valence-electron chi connectivity index (χ3n) is 9.65. The van der Waals surface area contributed by atoms with E-state index in [1.54, 1.807) is 11.1 Å². The van der Waals surface area contributed by atoms with E-state index in [4.69, 9.17) is 11.1 Å². The standard InChI is InChI=1S/C33H47ClSi/c1-32(2,3)23-17-19-27-28-20-18-24(33(4,5)6)22-30(28)31(29(27)21-23)35(34,25-13-9-7-10-14-25)26-15-11-8-12-16-26/h17-22,25-26,31H,7-16H2,1-6H3. The lowest BCUT2D eigenvalue weighted by Gasteiger charge is -2.47. The summed E-state index contributed by atoms with van der Waals surface area (Å²) < 4.78 is 0. The van der Waals surface area contributed by atoms with Crippen LogP contribution in [0.2, 0.25) is 11.1 Å². The molecule has 2 saturated carbocycles. The molecule has 0 bridgehead atoms. The molecule has 0 saturated heterocycles. The molecule has 2 aromatic carbocycles. The van der Waals surface area contributed by atoms with Gasteiger partial charge in [0.15, 0.2) is 7.38 Å². The normalized spacial score (nSPS) is 20.7. The lowest BCUT2D eigenvalue weighted by molar-refractivity contribution is 0.453. The van der Waals surface area contributed by atoms with Crippen molar-refractivity contribution in [2.75, 3.05) is 0 Å². The highest BCUT2D eigenvalue weighted by Crippen LogP contribution is 2.62. The predicted molar refractivity (Wildman–Crippen MR) is 156 cm³/mol. The largest absolute Gasteiger partial charge is 0.174 e. The first-order chi connectivity index (χ1) is 16.5. The van der Waals surface area contributed by atoms with Crippen LogP contribution in [0.1, 0.15) is 134 Å². The van der Waals surface area contributed by atoms with Crippen molar-refractivity contribution < 1.29 is 0 Å². The summed E-state index contributed by atoms with van der Waals surface area (Å²) in [6.07, 6.45) is 13.8. The van der Waals surface area contributed by atoms with Crippen molar-refractivity contribution in [1.82, 2.24) is 0 Å². The first-order valence-corrected chi connectivity index (χ1v) is 17.7. The van der Waals surface area contributed by atoms with Crippen LogP contribution in [0.5, 0.6) is 0 Å². The van der Waals surface area contributed by atoms with Crippen molar-refractivity contribution in [2.45, 2.75) is 133 Å². The number of halogens is 1. The molecule has 2 aromatic rings. The van der Waals surface area contributed by atoms with Gasteiger partial charge in [0.2, 0.25) is 0 Å². The van der Waals surface area contributed by atoms with E-state index < -0.39 is 7.38 Å². The summed E-state index contributed by atoms with van der Waals surface area (Å²) in [7, 11) is -2.21. The average molecular weight is 507 g/mol. The van der Waals surface area contributed by atoms with Gasteiger partial charge in [-0.15, -0.1) is 0 Å². The molecule has 35 heavy (non-hydrogen) atoms. The van der Waals surface area contributed by atoms with E-state index in [0.29, 0.717) is 5.54 Å². The maximum atomic E-state index is 8.43. The van der Waals surface area contributed by atoms with Crippen molar-refractivity contribution in [2.24, 2.45) is 0 Å². The molecule has 3 aliphatic rings. The van der Waals surface area contributed by atoms with Crippen LogP contribution < -0.4 is 0 Å².